The molecule has 0 fully saturated rings. The first kappa shape index (κ1) is 19.1. The van der Waals surface area contributed by atoms with E-state index in [-0.39, 0.29) is 23.8 Å². The molecule has 2 aromatic carbocycles. The lowest BCUT2D eigenvalue weighted by molar-refractivity contribution is -0.131. The highest BCUT2D eigenvalue weighted by Crippen LogP contribution is 2.37. The molecule has 1 aromatic heterocycles. The Bertz CT molecular complexity index is 1010. The summed E-state index contributed by atoms with van der Waals surface area (Å²) in [6.07, 6.45) is 0.109. The molecular weight excluding hydrogens is 387 g/mol. The zero-order valence-corrected chi connectivity index (χ0v) is 16.0. The number of nitrogens with one attached hydrogen (secondary N) is 1. The van der Waals surface area contributed by atoms with Gasteiger partial charge in [0.15, 0.2) is 12.4 Å². The van der Waals surface area contributed by atoms with Crippen molar-refractivity contribution in [3.63, 3.8) is 0 Å². The van der Waals surface area contributed by atoms with Crippen LogP contribution in [-0.2, 0) is 16.0 Å². The Hall–Kier alpha value is -2.63. The molecule has 1 N–H and O–H groups in total. The molecule has 138 valence electrons. The predicted molar refractivity (Wildman–Crippen MR) is 105 cm³/mol. The first-order valence-electron chi connectivity index (χ1n) is 8.19. The minimum absolute atomic E-state index is 0.109. The van der Waals surface area contributed by atoms with Crippen LogP contribution in [0.5, 0.6) is 5.75 Å². The summed E-state index contributed by atoms with van der Waals surface area (Å²) in [5.41, 5.74) is 2.04. The summed E-state index contributed by atoms with van der Waals surface area (Å²) in [7, 11) is 0. The van der Waals surface area contributed by atoms with Gasteiger partial charge in [-0.05, 0) is 30.7 Å². The van der Waals surface area contributed by atoms with Gasteiger partial charge in [-0.3, -0.25) is 14.9 Å². The van der Waals surface area contributed by atoms with Crippen molar-refractivity contribution in [1.29, 1.82) is 0 Å². The molecule has 0 radical (unpaired) electrons. The molecule has 27 heavy (non-hydrogen) atoms. The van der Waals surface area contributed by atoms with Crippen LogP contribution in [0.15, 0.2) is 48.5 Å². The summed E-state index contributed by atoms with van der Waals surface area (Å²) in [4.78, 5) is 28.4. The number of benzene rings is 2. The van der Waals surface area contributed by atoms with Gasteiger partial charge in [-0.25, -0.2) is 4.98 Å². The number of fused-ring (bicyclic) bond motifs is 1. The van der Waals surface area contributed by atoms with Crippen LogP contribution in [0, 0.1) is 6.92 Å². The van der Waals surface area contributed by atoms with Crippen LogP contribution < -0.4 is 10.1 Å². The number of pyridine rings is 1. The van der Waals surface area contributed by atoms with Crippen molar-refractivity contribution in [2.45, 2.75) is 13.3 Å². The highest BCUT2D eigenvalue weighted by atomic mass is 35.5. The minimum Gasteiger partial charge on any atom is -0.480 e. The number of hydrogen-bond acceptors (Lipinski definition) is 4. The molecule has 3 aromatic rings. The molecule has 0 aliphatic rings. The van der Waals surface area contributed by atoms with Crippen molar-refractivity contribution in [2.24, 2.45) is 0 Å². The molecule has 3 rings (SSSR count). The SMILES string of the molecule is Cc1ccc2c(Cl)cc(Cl)c(OCC(=O)NC(=O)Cc3ccccc3)c2n1. The zero-order valence-electron chi connectivity index (χ0n) is 14.5. The summed E-state index contributed by atoms with van der Waals surface area (Å²) in [5.74, 6) is -0.719. The van der Waals surface area contributed by atoms with Crippen molar-refractivity contribution in [2.75, 3.05) is 6.61 Å². The molecule has 0 saturated carbocycles. The molecule has 7 heteroatoms. The number of aromatic nitrogens is 1. The fourth-order valence-electron chi connectivity index (χ4n) is 2.58. The maximum Gasteiger partial charge on any atom is 0.264 e. The normalized spacial score (nSPS) is 10.6. The van der Waals surface area contributed by atoms with Gasteiger partial charge < -0.3 is 4.74 Å². The Morgan fingerprint density at radius 3 is 2.52 bits per heavy atom. The first-order valence-corrected chi connectivity index (χ1v) is 8.94. The molecule has 0 aliphatic heterocycles. The van der Waals surface area contributed by atoms with Gasteiger partial charge in [-0.1, -0.05) is 53.5 Å². The number of ether oxygens (including phenoxy) is 1. The fraction of sp³-hybridized carbons (Fsp3) is 0.150. The van der Waals surface area contributed by atoms with Gasteiger partial charge in [0.05, 0.1) is 16.5 Å². The molecule has 5 nitrogen and oxygen atoms in total. The summed E-state index contributed by atoms with van der Waals surface area (Å²) in [6.45, 7) is 1.46. The first-order chi connectivity index (χ1) is 12.9. The molecule has 0 spiro atoms. The van der Waals surface area contributed by atoms with E-state index in [2.05, 4.69) is 10.3 Å². The number of nitrogens with zero attached hydrogens (tertiary/aromatic N) is 1. The molecular formula is C20H16Cl2N2O3. The summed E-state index contributed by atoms with van der Waals surface area (Å²) in [6, 6.07) is 14.3. The topological polar surface area (TPSA) is 68.3 Å². The Labute approximate surface area is 166 Å². The van der Waals surface area contributed by atoms with Crippen LogP contribution in [0.4, 0.5) is 0 Å². The lowest BCUT2D eigenvalue weighted by Crippen LogP contribution is -2.35. The van der Waals surface area contributed by atoms with Gasteiger partial charge >= 0.3 is 0 Å². The molecule has 2 amide bonds. The van der Waals surface area contributed by atoms with Crippen molar-refractivity contribution in [3.8, 4) is 5.75 Å². The van der Waals surface area contributed by atoms with Crippen LogP contribution in [0.3, 0.4) is 0 Å². The van der Waals surface area contributed by atoms with Crippen LogP contribution in [0.2, 0.25) is 10.0 Å². The molecule has 0 aliphatic carbocycles. The predicted octanol–water partition coefficient (Wildman–Crippen LogP) is 4.11. The van der Waals surface area contributed by atoms with E-state index in [0.717, 1.165) is 11.3 Å². The number of carbonyl (C=O) groups excluding carboxylic acids is 2. The Balaban J connectivity index is 1.68. The molecule has 0 bridgehead atoms. The summed E-state index contributed by atoms with van der Waals surface area (Å²) < 4.78 is 5.56. The van der Waals surface area contributed by atoms with Gasteiger partial charge in [0.25, 0.3) is 5.91 Å². The largest absolute Gasteiger partial charge is 0.480 e. The second-order valence-corrected chi connectivity index (χ2v) is 6.75. The van der Waals surface area contributed by atoms with E-state index >= 15 is 0 Å². The third-order valence-electron chi connectivity index (χ3n) is 3.81. The number of imide groups is 1. The van der Waals surface area contributed by atoms with Gasteiger partial charge in [-0.15, -0.1) is 0 Å². The van der Waals surface area contributed by atoms with Gasteiger partial charge in [0.1, 0.15) is 5.52 Å². The number of aryl methyl sites for hydroxylation is 1. The number of hydrogen-bond donors (Lipinski definition) is 1. The maximum absolute atomic E-state index is 12.1. The number of halogens is 2. The minimum atomic E-state index is -0.567. The van der Waals surface area contributed by atoms with Crippen LogP contribution in [0.25, 0.3) is 10.9 Å². The fourth-order valence-corrected chi connectivity index (χ4v) is 3.15. The van der Waals surface area contributed by atoms with Crippen molar-refractivity contribution >= 4 is 45.9 Å². The van der Waals surface area contributed by atoms with E-state index in [4.69, 9.17) is 27.9 Å². The monoisotopic (exact) mass is 402 g/mol. The van der Waals surface area contributed by atoms with E-state index in [1.54, 1.807) is 0 Å². The lowest BCUT2D eigenvalue weighted by atomic mass is 10.1. The maximum atomic E-state index is 12.1. The van der Waals surface area contributed by atoms with E-state index in [1.807, 2.05) is 49.4 Å². The smallest absolute Gasteiger partial charge is 0.264 e. The van der Waals surface area contributed by atoms with Gasteiger partial charge in [0, 0.05) is 11.1 Å². The third kappa shape index (κ3) is 4.76. The Kier molecular flexibility index (Phi) is 5.94. The van der Waals surface area contributed by atoms with E-state index in [0.29, 0.717) is 15.9 Å². The van der Waals surface area contributed by atoms with Crippen molar-refractivity contribution in [3.05, 3.63) is 69.8 Å². The van der Waals surface area contributed by atoms with E-state index in [9.17, 15) is 9.59 Å². The molecule has 0 saturated heterocycles. The third-order valence-corrected chi connectivity index (χ3v) is 4.40. The molecule has 1 heterocycles. The summed E-state index contributed by atoms with van der Waals surface area (Å²) in [5, 5.41) is 3.65. The Morgan fingerprint density at radius 1 is 1.04 bits per heavy atom. The number of amides is 2. The zero-order chi connectivity index (χ0) is 19.4. The average molecular weight is 403 g/mol. The van der Waals surface area contributed by atoms with Crippen LogP contribution >= 0.6 is 23.2 Å². The standard InChI is InChI=1S/C20H16Cl2N2O3/c1-12-7-8-14-15(21)10-16(22)20(19(14)23-12)27-11-18(26)24-17(25)9-13-5-3-2-4-6-13/h2-8,10H,9,11H2,1H3,(H,24,25,26). The second-order valence-electron chi connectivity index (χ2n) is 5.94. The van der Waals surface area contributed by atoms with Crippen molar-refractivity contribution < 1.29 is 14.3 Å². The van der Waals surface area contributed by atoms with E-state index in [1.165, 1.54) is 6.07 Å². The highest BCUT2D eigenvalue weighted by molar-refractivity contribution is 6.39. The van der Waals surface area contributed by atoms with Gasteiger partial charge in [-0.2, -0.15) is 0 Å². The van der Waals surface area contributed by atoms with Crippen LogP contribution in [0.1, 0.15) is 11.3 Å². The molecule has 0 atom stereocenters. The summed E-state index contributed by atoms with van der Waals surface area (Å²) >= 11 is 12.4. The molecule has 0 unspecified atom stereocenters. The highest BCUT2D eigenvalue weighted by Gasteiger charge is 2.16. The van der Waals surface area contributed by atoms with E-state index < -0.39 is 11.8 Å². The average Bonchev–Trinajstić information content (AvgIpc) is 2.61. The van der Waals surface area contributed by atoms with Crippen molar-refractivity contribution in [1.82, 2.24) is 10.3 Å². The number of carbonyl (C=O) groups is 2. The van der Waals surface area contributed by atoms with Crippen LogP contribution in [-0.4, -0.2) is 23.4 Å². The van der Waals surface area contributed by atoms with Gasteiger partial charge in [0.2, 0.25) is 5.91 Å². The second kappa shape index (κ2) is 8.37. The quantitative estimate of drug-likeness (QED) is 0.696. The Morgan fingerprint density at radius 2 is 1.78 bits per heavy atom. The number of rotatable bonds is 5. The lowest BCUT2D eigenvalue weighted by Gasteiger charge is -2.12.